The Hall–Kier alpha value is -2.35. The van der Waals surface area contributed by atoms with E-state index in [1.807, 2.05) is 13.8 Å². The van der Waals surface area contributed by atoms with Crippen molar-refractivity contribution in [2.45, 2.75) is 20.0 Å². The number of nitrogen functional groups attached to an aromatic ring is 1. The van der Waals surface area contributed by atoms with Gasteiger partial charge in [0.05, 0.1) is 6.61 Å². The summed E-state index contributed by atoms with van der Waals surface area (Å²) in [6.07, 6.45) is -0.681. The SMILES string of the molecule is COCCOC(=O)CN1C(=O)C(C(C)C)Oc2ccc(N)nc21. The van der Waals surface area contributed by atoms with Crippen molar-refractivity contribution in [3.63, 3.8) is 0 Å². The number of anilines is 2. The molecule has 1 atom stereocenters. The van der Waals surface area contributed by atoms with Gasteiger partial charge in [-0.25, -0.2) is 4.98 Å². The average Bonchev–Trinajstić information content (AvgIpc) is 2.50. The summed E-state index contributed by atoms with van der Waals surface area (Å²) < 4.78 is 15.5. The van der Waals surface area contributed by atoms with Crippen LogP contribution in [0.1, 0.15) is 13.8 Å². The Morgan fingerprint density at radius 2 is 2.17 bits per heavy atom. The zero-order chi connectivity index (χ0) is 17.0. The number of amides is 1. The minimum Gasteiger partial charge on any atom is -0.476 e. The number of ether oxygens (including phenoxy) is 3. The van der Waals surface area contributed by atoms with Gasteiger partial charge in [0, 0.05) is 7.11 Å². The van der Waals surface area contributed by atoms with Gasteiger partial charge >= 0.3 is 5.97 Å². The molecular weight excluding hydrogens is 302 g/mol. The van der Waals surface area contributed by atoms with E-state index in [9.17, 15) is 9.59 Å². The number of aromatic nitrogens is 1. The summed E-state index contributed by atoms with van der Waals surface area (Å²) in [5, 5.41) is 0. The summed E-state index contributed by atoms with van der Waals surface area (Å²) in [5.74, 6) is -0.0526. The van der Waals surface area contributed by atoms with Gasteiger partial charge in [-0.2, -0.15) is 0 Å². The summed E-state index contributed by atoms with van der Waals surface area (Å²) in [7, 11) is 1.51. The van der Waals surface area contributed by atoms with Crippen LogP contribution in [0.15, 0.2) is 12.1 Å². The van der Waals surface area contributed by atoms with E-state index >= 15 is 0 Å². The highest BCUT2D eigenvalue weighted by Gasteiger charge is 2.38. The number of methoxy groups -OCH3 is 1. The summed E-state index contributed by atoms with van der Waals surface area (Å²) in [5.41, 5.74) is 5.68. The summed E-state index contributed by atoms with van der Waals surface area (Å²) in [6.45, 7) is 3.90. The molecule has 0 saturated heterocycles. The van der Waals surface area contributed by atoms with Crippen LogP contribution in [0.5, 0.6) is 5.75 Å². The smallest absolute Gasteiger partial charge is 0.326 e. The zero-order valence-electron chi connectivity index (χ0n) is 13.4. The molecule has 0 spiro atoms. The van der Waals surface area contributed by atoms with E-state index in [0.717, 1.165) is 0 Å². The molecule has 0 fully saturated rings. The second-order valence-electron chi connectivity index (χ2n) is 5.48. The van der Waals surface area contributed by atoms with Gasteiger partial charge in [-0.3, -0.25) is 14.5 Å². The zero-order valence-corrected chi connectivity index (χ0v) is 13.4. The first kappa shape index (κ1) is 17.0. The number of fused-ring (bicyclic) bond motifs is 1. The van der Waals surface area contributed by atoms with Crippen molar-refractivity contribution in [2.24, 2.45) is 5.92 Å². The van der Waals surface area contributed by atoms with E-state index in [1.54, 1.807) is 12.1 Å². The molecule has 8 nitrogen and oxygen atoms in total. The number of rotatable bonds is 6. The first-order chi connectivity index (χ1) is 10.9. The number of carbonyl (C=O) groups excluding carboxylic acids is 2. The summed E-state index contributed by atoms with van der Waals surface area (Å²) in [4.78, 5) is 29.9. The molecular formula is C15H21N3O5. The van der Waals surface area contributed by atoms with Crippen LogP contribution in [-0.4, -0.2) is 49.8 Å². The van der Waals surface area contributed by atoms with Gasteiger partial charge in [0.1, 0.15) is 19.0 Å². The first-order valence-corrected chi connectivity index (χ1v) is 7.33. The molecule has 2 heterocycles. The molecule has 23 heavy (non-hydrogen) atoms. The minimum absolute atomic E-state index is 0.0554. The Labute approximate surface area is 134 Å². The molecule has 1 aromatic heterocycles. The van der Waals surface area contributed by atoms with Gasteiger partial charge in [-0.1, -0.05) is 13.8 Å². The Morgan fingerprint density at radius 3 is 2.83 bits per heavy atom. The van der Waals surface area contributed by atoms with Crippen molar-refractivity contribution < 1.29 is 23.8 Å². The summed E-state index contributed by atoms with van der Waals surface area (Å²) >= 11 is 0. The minimum atomic E-state index is -0.681. The van der Waals surface area contributed by atoms with Crippen LogP contribution in [0.3, 0.4) is 0 Å². The van der Waals surface area contributed by atoms with Crippen LogP contribution in [0.2, 0.25) is 0 Å². The maximum absolute atomic E-state index is 12.6. The maximum Gasteiger partial charge on any atom is 0.326 e. The monoisotopic (exact) mass is 323 g/mol. The van der Waals surface area contributed by atoms with E-state index in [4.69, 9.17) is 19.9 Å². The fourth-order valence-electron chi connectivity index (χ4n) is 2.17. The molecule has 0 radical (unpaired) electrons. The van der Waals surface area contributed by atoms with E-state index in [2.05, 4.69) is 4.98 Å². The van der Waals surface area contributed by atoms with Crippen molar-refractivity contribution in [3.8, 4) is 5.75 Å². The van der Waals surface area contributed by atoms with Crippen molar-refractivity contribution in [2.75, 3.05) is 37.5 Å². The fourth-order valence-corrected chi connectivity index (χ4v) is 2.17. The van der Waals surface area contributed by atoms with Gasteiger partial charge in [-0.15, -0.1) is 0 Å². The molecule has 0 bridgehead atoms. The predicted octanol–water partition coefficient (Wildman–Crippen LogP) is 0.603. The van der Waals surface area contributed by atoms with Crippen molar-refractivity contribution in [1.82, 2.24) is 4.98 Å². The first-order valence-electron chi connectivity index (χ1n) is 7.33. The van der Waals surface area contributed by atoms with Gasteiger partial charge in [0.25, 0.3) is 5.91 Å². The average molecular weight is 323 g/mol. The molecule has 1 aromatic rings. The molecule has 0 aliphatic carbocycles. The number of nitrogens with zero attached hydrogens (tertiary/aromatic N) is 2. The molecule has 1 aliphatic heterocycles. The van der Waals surface area contributed by atoms with E-state index in [-0.39, 0.29) is 36.6 Å². The second-order valence-corrected chi connectivity index (χ2v) is 5.48. The van der Waals surface area contributed by atoms with Crippen LogP contribution in [0.25, 0.3) is 0 Å². The largest absolute Gasteiger partial charge is 0.476 e. The molecule has 126 valence electrons. The van der Waals surface area contributed by atoms with E-state index in [1.165, 1.54) is 12.0 Å². The highest BCUT2D eigenvalue weighted by Crippen LogP contribution is 2.34. The normalized spacial score (nSPS) is 17.0. The Bertz CT molecular complexity index is 590. The number of nitrogens with two attached hydrogens (primary N) is 1. The molecule has 1 amide bonds. The van der Waals surface area contributed by atoms with Crippen molar-refractivity contribution in [3.05, 3.63) is 12.1 Å². The van der Waals surface area contributed by atoms with Crippen LogP contribution in [0.4, 0.5) is 11.6 Å². The van der Waals surface area contributed by atoms with E-state index in [0.29, 0.717) is 12.4 Å². The molecule has 2 rings (SSSR count). The fraction of sp³-hybridized carbons (Fsp3) is 0.533. The van der Waals surface area contributed by atoms with E-state index < -0.39 is 12.1 Å². The Kier molecular flexibility index (Phi) is 5.38. The lowest BCUT2D eigenvalue weighted by Gasteiger charge is -2.34. The quantitative estimate of drug-likeness (QED) is 0.604. The Morgan fingerprint density at radius 1 is 1.43 bits per heavy atom. The summed E-state index contributed by atoms with van der Waals surface area (Å²) in [6, 6.07) is 3.23. The van der Waals surface area contributed by atoms with Crippen LogP contribution >= 0.6 is 0 Å². The van der Waals surface area contributed by atoms with Crippen molar-refractivity contribution >= 4 is 23.5 Å². The molecule has 2 N–H and O–H groups in total. The molecule has 0 saturated carbocycles. The van der Waals surface area contributed by atoms with Gasteiger partial charge in [0.2, 0.25) is 0 Å². The molecule has 1 aliphatic rings. The number of pyridine rings is 1. The third-order valence-corrected chi connectivity index (χ3v) is 3.32. The maximum atomic E-state index is 12.6. The third kappa shape index (κ3) is 3.89. The lowest BCUT2D eigenvalue weighted by atomic mass is 10.0. The highest BCUT2D eigenvalue weighted by molar-refractivity contribution is 6.02. The lowest BCUT2D eigenvalue weighted by molar-refractivity contribution is -0.145. The number of hydrogen-bond acceptors (Lipinski definition) is 7. The molecule has 0 aromatic carbocycles. The van der Waals surface area contributed by atoms with Gasteiger partial charge in [-0.05, 0) is 18.1 Å². The lowest BCUT2D eigenvalue weighted by Crippen LogP contribution is -2.50. The van der Waals surface area contributed by atoms with Crippen LogP contribution < -0.4 is 15.4 Å². The number of carbonyl (C=O) groups is 2. The standard InChI is InChI=1S/C15H21N3O5/c1-9(2)13-15(20)18(8-12(19)22-7-6-21-3)14-10(23-13)4-5-11(16)17-14/h4-5,9,13H,6-8H2,1-3H3,(H2,16,17). The molecule has 8 heteroatoms. The topological polar surface area (TPSA) is 104 Å². The predicted molar refractivity (Wildman–Crippen MR) is 83.1 cm³/mol. The number of esters is 1. The van der Waals surface area contributed by atoms with Gasteiger partial charge < -0.3 is 19.9 Å². The van der Waals surface area contributed by atoms with Gasteiger partial charge in [0.15, 0.2) is 17.7 Å². The van der Waals surface area contributed by atoms with Crippen LogP contribution in [0, 0.1) is 5.92 Å². The third-order valence-electron chi connectivity index (χ3n) is 3.32. The van der Waals surface area contributed by atoms with Crippen LogP contribution in [-0.2, 0) is 19.1 Å². The number of hydrogen-bond donors (Lipinski definition) is 1. The Balaban J connectivity index is 2.23. The molecule has 1 unspecified atom stereocenters. The van der Waals surface area contributed by atoms with Crippen molar-refractivity contribution in [1.29, 1.82) is 0 Å². The highest BCUT2D eigenvalue weighted by atomic mass is 16.6. The second kappa shape index (κ2) is 7.28.